The van der Waals surface area contributed by atoms with Gasteiger partial charge in [-0.15, -0.1) is 0 Å². The molecule has 0 fully saturated rings. The van der Waals surface area contributed by atoms with Gasteiger partial charge < -0.3 is 8.98 Å². The Labute approximate surface area is 172 Å². The van der Waals surface area contributed by atoms with E-state index < -0.39 is 0 Å². The van der Waals surface area contributed by atoms with E-state index in [1.165, 1.54) is 38.0 Å². The van der Waals surface area contributed by atoms with Crippen LogP contribution in [0.25, 0.3) is 60.2 Å². The second kappa shape index (κ2) is 5.74. The van der Waals surface area contributed by atoms with Crippen LogP contribution in [0.2, 0.25) is 0 Å². The lowest BCUT2D eigenvalue weighted by atomic mass is 10.0. The van der Waals surface area contributed by atoms with Gasteiger partial charge in [-0.05, 0) is 47.2 Å². The van der Waals surface area contributed by atoms with Gasteiger partial charge in [0.1, 0.15) is 11.2 Å². The standard InChI is InChI=1S/C28H17NO/c1-2-8-20-18(7-1)13-15-27-28(20)23-17-19(14-16-26(23)30-27)29-24-11-5-3-9-21(24)22-10-4-6-12-25(22)29/h1-17H. The fraction of sp³-hybridized carbons (Fsp3) is 0. The van der Waals surface area contributed by atoms with E-state index >= 15 is 0 Å². The summed E-state index contributed by atoms with van der Waals surface area (Å²) in [5, 5.41) is 7.35. The monoisotopic (exact) mass is 383 g/mol. The topological polar surface area (TPSA) is 18.1 Å². The molecule has 0 saturated heterocycles. The van der Waals surface area contributed by atoms with Crippen LogP contribution >= 0.6 is 0 Å². The maximum Gasteiger partial charge on any atom is 0.136 e. The van der Waals surface area contributed by atoms with E-state index in [1.807, 2.05) is 0 Å². The quantitative estimate of drug-likeness (QED) is 0.282. The molecule has 140 valence electrons. The molecule has 5 aromatic carbocycles. The molecule has 7 aromatic rings. The average Bonchev–Trinajstić information content (AvgIpc) is 3.34. The summed E-state index contributed by atoms with van der Waals surface area (Å²) in [4.78, 5) is 0. The van der Waals surface area contributed by atoms with Crippen LogP contribution in [0.4, 0.5) is 0 Å². The molecule has 30 heavy (non-hydrogen) atoms. The Hall–Kier alpha value is -4.04. The van der Waals surface area contributed by atoms with Crippen molar-refractivity contribution in [3.05, 3.63) is 103 Å². The van der Waals surface area contributed by atoms with E-state index in [0.717, 1.165) is 22.2 Å². The summed E-state index contributed by atoms with van der Waals surface area (Å²) in [7, 11) is 0. The predicted octanol–water partition coefficient (Wildman–Crippen LogP) is 7.84. The molecule has 0 aliphatic rings. The summed E-state index contributed by atoms with van der Waals surface area (Å²) in [5.74, 6) is 0. The first-order valence-electron chi connectivity index (χ1n) is 10.2. The van der Waals surface area contributed by atoms with Crippen molar-refractivity contribution >= 4 is 54.5 Å². The van der Waals surface area contributed by atoms with Crippen molar-refractivity contribution in [3.63, 3.8) is 0 Å². The maximum atomic E-state index is 6.20. The molecule has 7 rings (SSSR count). The Morgan fingerprint density at radius 2 is 1.13 bits per heavy atom. The molecule has 2 heteroatoms. The van der Waals surface area contributed by atoms with Gasteiger partial charge >= 0.3 is 0 Å². The molecule has 0 aliphatic carbocycles. The van der Waals surface area contributed by atoms with Crippen molar-refractivity contribution in [2.75, 3.05) is 0 Å². The highest BCUT2D eigenvalue weighted by atomic mass is 16.3. The molecule has 0 unspecified atom stereocenters. The van der Waals surface area contributed by atoms with Crippen LogP contribution in [-0.2, 0) is 0 Å². The lowest BCUT2D eigenvalue weighted by Gasteiger charge is -2.08. The second-order valence-corrected chi connectivity index (χ2v) is 7.81. The van der Waals surface area contributed by atoms with Crippen molar-refractivity contribution < 1.29 is 4.42 Å². The lowest BCUT2D eigenvalue weighted by molar-refractivity contribution is 0.669. The molecule has 2 aromatic heterocycles. The van der Waals surface area contributed by atoms with Crippen LogP contribution in [-0.4, -0.2) is 4.57 Å². The number of furan rings is 1. The average molecular weight is 383 g/mol. The van der Waals surface area contributed by atoms with Crippen molar-refractivity contribution in [1.82, 2.24) is 4.57 Å². The van der Waals surface area contributed by atoms with Crippen LogP contribution < -0.4 is 0 Å². The third kappa shape index (κ3) is 2.03. The van der Waals surface area contributed by atoms with E-state index in [0.29, 0.717) is 0 Å². The highest BCUT2D eigenvalue weighted by molar-refractivity contribution is 6.19. The third-order valence-electron chi connectivity index (χ3n) is 6.18. The van der Waals surface area contributed by atoms with E-state index in [-0.39, 0.29) is 0 Å². The number of para-hydroxylation sites is 2. The SMILES string of the molecule is c1ccc2c(c1)ccc1oc3ccc(-n4c5ccccc5c5ccccc54)cc3c12. The number of rotatable bonds is 1. The van der Waals surface area contributed by atoms with E-state index in [1.54, 1.807) is 0 Å². The Morgan fingerprint density at radius 1 is 0.500 bits per heavy atom. The van der Waals surface area contributed by atoms with Gasteiger partial charge in [-0.2, -0.15) is 0 Å². The molecule has 0 saturated carbocycles. The lowest BCUT2D eigenvalue weighted by Crippen LogP contribution is -1.93. The van der Waals surface area contributed by atoms with Crippen molar-refractivity contribution in [1.29, 1.82) is 0 Å². The zero-order valence-corrected chi connectivity index (χ0v) is 16.2. The maximum absolute atomic E-state index is 6.20. The summed E-state index contributed by atoms with van der Waals surface area (Å²) in [6, 6.07) is 36.5. The van der Waals surface area contributed by atoms with Crippen molar-refractivity contribution in [2.24, 2.45) is 0 Å². The van der Waals surface area contributed by atoms with Gasteiger partial charge in [-0.25, -0.2) is 0 Å². The largest absolute Gasteiger partial charge is 0.456 e. The molecule has 2 nitrogen and oxygen atoms in total. The van der Waals surface area contributed by atoms with Crippen LogP contribution in [0.5, 0.6) is 0 Å². The van der Waals surface area contributed by atoms with Crippen LogP contribution in [0.3, 0.4) is 0 Å². The molecule has 0 N–H and O–H groups in total. The van der Waals surface area contributed by atoms with Gasteiger partial charge in [0.15, 0.2) is 0 Å². The van der Waals surface area contributed by atoms with Crippen LogP contribution in [0, 0.1) is 0 Å². The van der Waals surface area contributed by atoms with Crippen LogP contribution in [0.15, 0.2) is 108 Å². The van der Waals surface area contributed by atoms with Gasteiger partial charge in [0.2, 0.25) is 0 Å². The molecule has 0 amide bonds. The fourth-order valence-electron chi connectivity index (χ4n) is 4.88. The first kappa shape index (κ1) is 15.8. The van der Waals surface area contributed by atoms with Crippen LogP contribution in [0.1, 0.15) is 0 Å². The molecular formula is C28H17NO. The minimum absolute atomic E-state index is 0.922. The number of benzene rings is 5. The summed E-state index contributed by atoms with van der Waals surface area (Å²) in [6.45, 7) is 0. The Morgan fingerprint density at radius 3 is 1.90 bits per heavy atom. The van der Waals surface area contributed by atoms with E-state index in [9.17, 15) is 0 Å². The number of hydrogen-bond acceptors (Lipinski definition) is 1. The predicted molar refractivity (Wildman–Crippen MR) is 126 cm³/mol. The molecule has 0 bridgehead atoms. The van der Waals surface area contributed by atoms with Gasteiger partial charge in [0.25, 0.3) is 0 Å². The Balaban J connectivity index is 1.63. The zero-order chi connectivity index (χ0) is 19.7. The molecule has 2 heterocycles. The smallest absolute Gasteiger partial charge is 0.136 e. The highest BCUT2D eigenvalue weighted by Gasteiger charge is 2.15. The number of hydrogen-bond donors (Lipinski definition) is 0. The van der Waals surface area contributed by atoms with Gasteiger partial charge in [0.05, 0.1) is 11.0 Å². The number of nitrogens with zero attached hydrogens (tertiary/aromatic N) is 1. The molecular weight excluding hydrogens is 366 g/mol. The summed E-state index contributed by atoms with van der Waals surface area (Å²) in [5.41, 5.74) is 5.44. The molecule has 0 spiro atoms. The normalized spacial score (nSPS) is 12.0. The van der Waals surface area contributed by atoms with Gasteiger partial charge in [-0.1, -0.05) is 66.7 Å². The minimum atomic E-state index is 0.922. The third-order valence-corrected chi connectivity index (χ3v) is 6.18. The summed E-state index contributed by atoms with van der Waals surface area (Å²) >= 11 is 0. The molecule has 0 atom stereocenters. The zero-order valence-electron chi connectivity index (χ0n) is 16.2. The Bertz CT molecular complexity index is 1700. The minimum Gasteiger partial charge on any atom is -0.456 e. The number of aromatic nitrogens is 1. The summed E-state index contributed by atoms with van der Waals surface area (Å²) < 4.78 is 8.55. The fourth-order valence-corrected chi connectivity index (χ4v) is 4.88. The molecule has 0 aliphatic heterocycles. The highest BCUT2D eigenvalue weighted by Crippen LogP contribution is 2.37. The van der Waals surface area contributed by atoms with E-state index in [4.69, 9.17) is 4.42 Å². The second-order valence-electron chi connectivity index (χ2n) is 7.81. The van der Waals surface area contributed by atoms with Crippen molar-refractivity contribution in [3.8, 4) is 5.69 Å². The van der Waals surface area contributed by atoms with Gasteiger partial charge in [-0.3, -0.25) is 0 Å². The number of fused-ring (bicyclic) bond motifs is 8. The Kier molecular flexibility index (Phi) is 3.03. The van der Waals surface area contributed by atoms with Crippen molar-refractivity contribution in [2.45, 2.75) is 0 Å². The summed E-state index contributed by atoms with van der Waals surface area (Å²) in [6.07, 6.45) is 0. The first-order valence-corrected chi connectivity index (χ1v) is 10.2. The van der Waals surface area contributed by atoms with E-state index in [2.05, 4.69) is 108 Å². The molecule has 0 radical (unpaired) electrons. The van der Waals surface area contributed by atoms with Gasteiger partial charge in [0, 0.05) is 27.2 Å². The first-order chi connectivity index (χ1) is 14.9.